The minimum Gasteiger partial charge on any atom is -0.392 e. The van der Waals surface area contributed by atoms with Crippen LogP contribution in [0.4, 0.5) is 0 Å². The molecule has 5 nitrogen and oxygen atoms in total. The third-order valence-corrected chi connectivity index (χ3v) is 2.65. The molecule has 2 N–H and O–H groups in total. The van der Waals surface area contributed by atoms with E-state index >= 15 is 0 Å². The predicted octanol–water partition coefficient (Wildman–Crippen LogP) is 1.55. The average Bonchev–Trinajstić information content (AvgIpc) is 2.45. The van der Waals surface area contributed by atoms with Gasteiger partial charge in [-0.1, -0.05) is 35.9 Å². The summed E-state index contributed by atoms with van der Waals surface area (Å²) < 4.78 is 0. The van der Waals surface area contributed by atoms with Gasteiger partial charge in [-0.25, -0.2) is 4.98 Å². The van der Waals surface area contributed by atoms with Crippen LogP contribution in [-0.4, -0.2) is 21.0 Å². The summed E-state index contributed by atoms with van der Waals surface area (Å²) in [7, 11) is 0. The van der Waals surface area contributed by atoms with Gasteiger partial charge in [0, 0.05) is 6.54 Å². The van der Waals surface area contributed by atoms with Gasteiger partial charge < -0.3 is 10.4 Å². The number of carbonyl (C=O) groups is 1. The monoisotopic (exact) mass is 277 g/mol. The highest BCUT2D eigenvalue weighted by molar-refractivity contribution is 6.29. The minimum atomic E-state index is -0.343. The Kier molecular flexibility index (Phi) is 4.43. The summed E-state index contributed by atoms with van der Waals surface area (Å²) in [6.45, 7) is 0.322. The lowest BCUT2D eigenvalue weighted by Crippen LogP contribution is -2.24. The number of aliphatic hydroxyl groups is 1. The zero-order chi connectivity index (χ0) is 13.7. The summed E-state index contributed by atoms with van der Waals surface area (Å²) in [6.07, 6.45) is 2.72. The molecule has 0 aliphatic heterocycles. The maximum Gasteiger partial charge on any atom is 0.271 e. The summed E-state index contributed by atoms with van der Waals surface area (Å²) in [6, 6.07) is 7.33. The fourth-order valence-corrected chi connectivity index (χ4v) is 1.71. The van der Waals surface area contributed by atoms with Crippen molar-refractivity contribution in [2.45, 2.75) is 13.2 Å². The summed E-state index contributed by atoms with van der Waals surface area (Å²) >= 11 is 5.66. The zero-order valence-electron chi connectivity index (χ0n) is 10.0. The second-order valence-electron chi connectivity index (χ2n) is 3.89. The Balaban J connectivity index is 2.00. The van der Waals surface area contributed by atoms with Crippen LogP contribution in [0.2, 0.25) is 5.15 Å². The highest BCUT2D eigenvalue weighted by atomic mass is 35.5. The molecule has 0 fully saturated rings. The van der Waals surface area contributed by atoms with Gasteiger partial charge in [0.2, 0.25) is 0 Å². The number of hydrogen-bond acceptors (Lipinski definition) is 4. The average molecular weight is 278 g/mol. The van der Waals surface area contributed by atoms with Crippen LogP contribution >= 0.6 is 11.6 Å². The van der Waals surface area contributed by atoms with Crippen LogP contribution in [0.15, 0.2) is 36.7 Å². The molecule has 6 heteroatoms. The van der Waals surface area contributed by atoms with Crippen molar-refractivity contribution in [2.24, 2.45) is 0 Å². The normalized spacial score (nSPS) is 10.2. The van der Waals surface area contributed by atoms with Crippen molar-refractivity contribution < 1.29 is 9.90 Å². The van der Waals surface area contributed by atoms with Crippen LogP contribution in [0.5, 0.6) is 0 Å². The molecule has 0 radical (unpaired) electrons. The Bertz CT molecular complexity index is 590. The quantitative estimate of drug-likeness (QED) is 0.889. The van der Waals surface area contributed by atoms with Gasteiger partial charge in [0.15, 0.2) is 0 Å². The molecule has 0 aliphatic carbocycles. The standard InChI is InChI=1S/C13H12ClN3O2/c14-12-7-15-6-11(17-12)13(19)16-5-9-2-1-3-10(4-9)8-18/h1-4,6-7,18H,5,8H2,(H,16,19). The smallest absolute Gasteiger partial charge is 0.271 e. The molecular weight excluding hydrogens is 266 g/mol. The molecule has 1 aromatic carbocycles. The number of halogens is 1. The number of nitrogens with one attached hydrogen (secondary N) is 1. The van der Waals surface area contributed by atoms with E-state index in [4.69, 9.17) is 16.7 Å². The van der Waals surface area contributed by atoms with E-state index in [2.05, 4.69) is 15.3 Å². The fraction of sp³-hybridized carbons (Fsp3) is 0.154. The van der Waals surface area contributed by atoms with Crippen molar-refractivity contribution in [2.75, 3.05) is 0 Å². The Morgan fingerprint density at radius 2 is 2.11 bits per heavy atom. The summed E-state index contributed by atoms with van der Waals surface area (Å²) in [4.78, 5) is 19.5. The van der Waals surface area contributed by atoms with Crippen LogP contribution in [0.1, 0.15) is 21.6 Å². The first-order valence-electron chi connectivity index (χ1n) is 5.63. The van der Waals surface area contributed by atoms with Crippen LogP contribution in [-0.2, 0) is 13.2 Å². The third kappa shape index (κ3) is 3.74. The van der Waals surface area contributed by atoms with Gasteiger partial charge in [0.05, 0.1) is 19.0 Å². The second kappa shape index (κ2) is 6.26. The van der Waals surface area contributed by atoms with E-state index < -0.39 is 0 Å². The van der Waals surface area contributed by atoms with E-state index in [-0.39, 0.29) is 23.4 Å². The lowest BCUT2D eigenvalue weighted by molar-refractivity contribution is 0.0945. The molecule has 2 rings (SSSR count). The molecule has 0 atom stereocenters. The van der Waals surface area contributed by atoms with E-state index in [0.29, 0.717) is 6.54 Å². The van der Waals surface area contributed by atoms with Crippen LogP contribution in [0.25, 0.3) is 0 Å². The number of amides is 1. The van der Waals surface area contributed by atoms with Gasteiger partial charge in [0.25, 0.3) is 5.91 Å². The number of carbonyl (C=O) groups excluding carboxylic acids is 1. The Labute approximate surface area is 115 Å². The zero-order valence-corrected chi connectivity index (χ0v) is 10.8. The molecule has 1 aromatic heterocycles. The lowest BCUT2D eigenvalue weighted by atomic mass is 10.1. The van der Waals surface area contributed by atoms with Crippen LogP contribution in [0.3, 0.4) is 0 Å². The number of benzene rings is 1. The molecule has 1 heterocycles. The SMILES string of the molecule is O=C(NCc1cccc(CO)c1)c1cncc(Cl)n1. The topological polar surface area (TPSA) is 75.1 Å². The molecule has 0 saturated heterocycles. The second-order valence-corrected chi connectivity index (χ2v) is 4.28. The van der Waals surface area contributed by atoms with Crippen LogP contribution in [0, 0.1) is 0 Å². The van der Waals surface area contributed by atoms with Gasteiger partial charge in [-0.05, 0) is 11.1 Å². The number of aliphatic hydroxyl groups excluding tert-OH is 1. The molecule has 0 saturated carbocycles. The molecule has 0 bridgehead atoms. The number of aromatic nitrogens is 2. The van der Waals surface area contributed by atoms with Crippen molar-refractivity contribution in [3.05, 3.63) is 58.6 Å². The number of hydrogen-bond donors (Lipinski definition) is 2. The van der Waals surface area contributed by atoms with Gasteiger partial charge in [-0.3, -0.25) is 9.78 Å². The van der Waals surface area contributed by atoms with Gasteiger partial charge >= 0.3 is 0 Å². The molecule has 2 aromatic rings. The Hall–Kier alpha value is -1.98. The fourth-order valence-electron chi connectivity index (χ4n) is 1.56. The predicted molar refractivity (Wildman–Crippen MR) is 70.6 cm³/mol. The van der Waals surface area contributed by atoms with Crippen molar-refractivity contribution in [1.29, 1.82) is 0 Å². The Morgan fingerprint density at radius 3 is 2.84 bits per heavy atom. The summed E-state index contributed by atoms with van der Waals surface area (Å²) in [5, 5.41) is 11.9. The maximum absolute atomic E-state index is 11.8. The molecule has 0 aliphatic rings. The van der Waals surface area contributed by atoms with Crippen molar-refractivity contribution >= 4 is 17.5 Å². The van der Waals surface area contributed by atoms with E-state index in [1.54, 1.807) is 0 Å². The molecule has 0 spiro atoms. The van der Waals surface area contributed by atoms with Gasteiger partial charge in [-0.2, -0.15) is 0 Å². The maximum atomic E-state index is 11.8. The molecule has 98 valence electrons. The summed E-state index contributed by atoms with van der Waals surface area (Å²) in [5.74, 6) is -0.343. The molecule has 0 unspecified atom stereocenters. The third-order valence-electron chi connectivity index (χ3n) is 2.46. The summed E-state index contributed by atoms with van der Waals surface area (Å²) in [5.41, 5.74) is 1.87. The molecular formula is C13H12ClN3O2. The first kappa shape index (κ1) is 13.5. The van der Waals surface area contributed by atoms with Crippen LogP contribution < -0.4 is 5.32 Å². The van der Waals surface area contributed by atoms with E-state index in [9.17, 15) is 4.79 Å². The highest BCUT2D eigenvalue weighted by Gasteiger charge is 2.08. The first-order valence-corrected chi connectivity index (χ1v) is 6.01. The van der Waals surface area contributed by atoms with E-state index in [1.807, 2.05) is 24.3 Å². The van der Waals surface area contributed by atoms with E-state index in [1.165, 1.54) is 12.4 Å². The number of rotatable bonds is 4. The van der Waals surface area contributed by atoms with Gasteiger partial charge in [-0.15, -0.1) is 0 Å². The highest BCUT2D eigenvalue weighted by Crippen LogP contribution is 2.06. The number of nitrogens with zero attached hydrogens (tertiary/aromatic N) is 2. The molecule has 1 amide bonds. The van der Waals surface area contributed by atoms with Crippen molar-refractivity contribution in [3.8, 4) is 0 Å². The Morgan fingerprint density at radius 1 is 1.32 bits per heavy atom. The van der Waals surface area contributed by atoms with Crippen molar-refractivity contribution in [3.63, 3.8) is 0 Å². The molecule has 19 heavy (non-hydrogen) atoms. The largest absolute Gasteiger partial charge is 0.392 e. The lowest BCUT2D eigenvalue weighted by Gasteiger charge is -2.06. The van der Waals surface area contributed by atoms with E-state index in [0.717, 1.165) is 11.1 Å². The minimum absolute atomic E-state index is 0.0262. The van der Waals surface area contributed by atoms with Crippen molar-refractivity contribution in [1.82, 2.24) is 15.3 Å². The first-order chi connectivity index (χ1) is 9.19. The van der Waals surface area contributed by atoms with Gasteiger partial charge in [0.1, 0.15) is 10.8 Å².